The molecule has 0 bridgehead atoms. The molecule has 14 heavy (non-hydrogen) atoms. The van der Waals surface area contributed by atoms with Crippen LogP contribution in [-0.2, 0) is 0 Å². The highest BCUT2D eigenvalue weighted by Gasteiger charge is 2.44. The average molecular weight is 202 g/mol. The Bertz CT molecular complexity index is 359. The van der Waals surface area contributed by atoms with Gasteiger partial charge in [-0.05, 0) is 0 Å². The summed E-state index contributed by atoms with van der Waals surface area (Å²) in [5.74, 6) is -0.809. The van der Waals surface area contributed by atoms with Crippen LogP contribution in [0.25, 0.3) is 0 Å². The summed E-state index contributed by atoms with van der Waals surface area (Å²) in [6, 6.07) is 0. The Kier molecular flexibility index (Phi) is 2.22. The van der Waals surface area contributed by atoms with Crippen LogP contribution >= 0.6 is 0 Å². The second-order valence-electron chi connectivity index (χ2n) is 2.73. The van der Waals surface area contributed by atoms with Gasteiger partial charge in [-0.15, -0.1) is 0 Å². The van der Waals surface area contributed by atoms with Crippen molar-refractivity contribution in [3.63, 3.8) is 0 Å². The van der Waals surface area contributed by atoms with E-state index in [1.54, 1.807) is 0 Å². The lowest BCUT2D eigenvalue weighted by atomic mass is 10.0. The molecule has 0 aromatic rings. The first-order valence-corrected chi connectivity index (χ1v) is 3.49. The molecule has 0 fully saturated rings. The highest BCUT2D eigenvalue weighted by Crippen LogP contribution is 2.26. The zero-order valence-corrected chi connectivity index (χ0v) is 6.78. The van der Waals surface area contributed by atoms with E-state index in [1.807, 2.05) is 0 Å². The molecule has 0 aromatic heterocycles. The molecule has 1 unspecified atom stereocenters. The SMILES string of the molecule is O=[N+]([O-])C1=C(O)CC(O)([N+](=O)[O-])C=C1. The standard InChI is InChI=1S/C6H6N2O6/c9-5-3-6(10,8(13)14)2-1-4(5)7(11)12/h1-2,9-10H,3H2. The fraction of sp³-hybridized carbons (Fsp3) is 0.333. The molecule has 1 aliphatic rings. The van der Waals surface area contributed by atoms with E-state index in [0.717, 1.165) is 0 Å². The largest absolute Gasteiger partial charge is 0.505 e. The lowest BCUT2D eigenvalue weighted by Gasteiger charge is -2.16. The molecule has 0 saturated heterocycles. The van der Waals surface area contributed by atoms with E-state index in [0.29, 0.717) is 12.2 Å². The molecular weight excluding hydrogens is 196 g/mol. The van der Waals surface area contributed by atoms with Gasteiger partial charge in [0.15, 0.2) is 5.76 Å². The Hall–Kier alpha value is -1.96. The number of nitro groups is 2. The molecule has 1 atom stereocenters. The van der Waals surface area contributed by atoms with Crippen LogP contribution in [0.2, 0.25) is 0 Å². The second kappa shape index (κ2) is 3.07. The summed E-state index contributed by atoms with van der Waals surface area (Å²) in [5, 5.41) is 38.8. The van der Waals surface area contributed by atoms with Gasteiger partial charge in [-0.1, -0.05) is 0 Å². The van der Waals surface area contributed by atoms with Crippen LogP contribution in [0, 0.1) is 20.2 Å². The van der Waals surface area contributed by atoms with Crippen LogP contribution in [0.3, 0.4) is 0 Å². The maximum absolute atomic E-state index is 10.3. The van der Waals surface area contributed by atoms with Crippen LogP contribution < -0.4 is 0 Å². The highest BCUT2D eigenvalue weighted by atomic mass is 16.7. The van der Waals surface area contributed by atoms with E-state index in [-0.39, 0.29) is 0 Å². The lowest BCUT2D eigenvalue weighted by Crippen LogP contribution is -2.38. The van der Waals surface area contributed by atoms with E-state index < -0.39 is 33.4 Å². The average Bonchev–Trinajstić information content (AvgIpc) is 2.02. The number of aliphatic hydroxyl groups is 2. The molecule has 0 aliphatic heterocycles. The van der Waals surface area contributed by atoms with Crippen LogP contribution in [-0.4, -0.2) is 25.8 Å². The summed E-state index contributed by atoms with van der Waals surface area (Å²) in [6.45, 7) is 0. The Labute approximate surface area is 77.1 Å². The third-order valence-corrected chi connectivity index (χ3v) is 1.74. The van der Waals surface area contributed by atoms with Crippen molar-refractivity contribution in [1.82, 2.24) is 0 Å². The van der Waals surface area contributed by atoms with Crippen molar-refractivity contribution >= 4 is 0 Å². The third-order valence-electron chi connectivity index (χ3n) is 1.74. The van der Waals surface area contributed by atoms with Crippen molar-refractivity contribution in [1.29, 1.82) is 0 Å². The summed E-state index contributed by atoms with van der Waals surface area (Å²) >= 11 is 0. The van der Waals surface area contributed by atoms with Crippen molar-refractivity contribution in [2.24, 2.45) is 0 Å². The van der Waals surface area contributed by atoms with Gasteiger partial charge in [-0.3, -0.25) is 20.2 Å². The van der Waals surface area contributed by atoms with E-state index in [1.165, 1.54) is 0 Å². The molecule has 0 radical (unpaired) electrons. The molecule has 8 heteroatoms. The van der Waals surface area contributed by atoms with Crippen LogP contribution in [0.15, 0.2) is 23.6 Å². The number of hydrogen-bond acceptors (Lipinski definition) is 6. The number of nitrogens with zero attached hydrogens (tertiary/aromatic N) is 2. The van der Waals surface area contributed by atoms with Crippen LogP contribution in [0.5, 0.6) is 0 Å². The molecule has 1 aliphatic carbocycles. The van der Waals surface area contributed by atoms with Gasteiger partial charge in [0.1, 0.15) is 6.42 Å². The molecule has 0 heterocycles. The van der Waals surface area contributed by atoms with Crippen LogP contribution in [0.4, 0.5) is 0 Å². The van der Waals surface area contributed by atoms with Crippen molar-refractivity contribution in [3.8, 4) is 0 Å². The Morgan fingerprint density at radius 3 is 2.36 bits per heavy atom. The van der Waals surface area contributed by atoms with Gasteiger partial charge in [-0.25, -0.2) is 0 Å². The number of rotatable bonds is 2. The molecule has 76 valence electrons. The number of aliphatic hydroxyl groups excluding tert-OH is 1. The zero-order valence-electron chi connectivity index (χ0n) is 6.78. The number of hydrogen-bond donors (Lipinski definition) is 2. The first-order valence-electron chi connectivity index (χ1n) is 3.49. The lowest BCUT2D eigenvalue weighted by molar-refractivity contribution is -0.608. The second-order valence-corrected chi connectivity index (χ2v) is 2.73. The van der Waals surface area contributed by atoms with Crippen molar-refractivity contribution in [3.05, 3.63) is 43.8 Å². The molecule has 0 amide bonds. The predicted octanol–water partition coefficient (Wildman–Crippen LogP) is -0.0421. The minimum absolute atomic E-state index is 0.642. The summed E-state index contributed by atoms with van der Waals surface area (Å²) in [5.41, 5.74) is -3.10. The highest BCUT2D eigenvalue weighted by molar-refractivity contribution is 5.23. The first kappa shape index (κ1) is 10.1. The van der Waals surface area contributed by atoms with Gasteiger partial charge < -0.3 is 10.2 Å². The van der Waals surface area contributed by atoms with E-state index in [9.17, 15) is 25.3 Å². The fourth-order valence-electron chi connectivity index (χ4n) is 0.996. The van der Waals surface area contributed by atoms with E-state index in [4.69, 9.17) is 5.11 Å². The van der Waals surface area contributed by atoms with Gasteiger partial charge in [0, 0.05) is 12.2 Å². The van der Waals surface area contributed by atoms with Gasteiger partial charge >= 0.3 is 11.4 Å². The fourth-order valence-corrected chi connectivity index (χ4v) is 0.996. The monoisotopic (exact) mass is 202 g/mol. The van der Waals surface area contributed by atoms with Gasteiger partial charge in [-0.2, -0.15) is 0 Å². The molecule has 2 N–H and O–H groups in total. The minimum Gasteiger partial charge on any atom is -0.505 e. The van der Waals surface area contributed by atoms with E-state index >= 15 is 0 Å². The Morgan fingerprint density at radius 1 is 1.43 bits per heavy atom. The molecule has 0 saturated carbocycles. The zero-order chi connectivity index (χ0) is 10.9. The molecular formula is C6H6N2O6. The van der Waals surface area contributed by atoms with Gasteiger partial charge in [0.05, 0.1) is 9.85 Å². The maximum atomic E-state index is 10.3. The van der Waals surface area contributed by atoms with Crippen molar-refractivity contribution in [2.75, 3.05) is 0 Å². The van der Waals surface area contributed by atoms with Gasteiger partial charge in [0.2, 0.25) is 0 Å². The Balaban J connectivity index is 3.02. The smallest absolute Gasteiger partial charge is 0.350 e. The van der Waals surface area contributed by atoms with Crippen molar-refractivity contribution < 1.29 is 20.1 Å². The summed E-state index contributed by atoms with van der Waals surface area (Å²) in [7, 11) is 0. The molecule has 0 aromatic carbocycles. The topological polar surface area (TPSA) is 127 Å². The maximum Gasteiger partial charge on any atom is 0.350 e. The molecule has 8 nitrogen and oxygen atoms in total. The summed E-state index contributed by atoms with van der Waals surface area (Å²) in [6.07, 6.45) is 0.583. The quantitative estimate of drug-likeness (QED) is 0.367. The minimum atomic E-state index is -2.45. The van der Waals surface area contributed by atoms with Gasteiger partial charge in [0.25, 0.3) is 0 Å². The predicted molar refractivity (Wildman–Crippen MR) is 42.4 cm³/mol. The number of allylic oxidation sites excluding steroid dienone is 1. The summed E-state index contributed by atoms with van der Waals surface area (Å²) < 4.78 is 0. The Morgan fingerprint density at radius 2 is 2.00 bits per heavy atom. The normalized spacial score (nSPS) is 26.4. The van der Waals surface area contributed by atoms with E-state index in [2.05, 4.69) is 0 Å². The third kappa shape index (κ3) is 1.55. The first-order chi connectivity index (χ1) is 6.37. The van der Waals surface area contributed by atoms with Crippen LogP contribution in [0.1, 0.15) is 6.42 Å². The molecule has 0 spiro atoms. The molecule has 1 rings (SSSR count). The van der Waals surface area contributed by atoms with Crippen molar-refractivity contribution in [2.45, 2.75) is 12.1 Å². The summed E-state index contributed by atoms with van der Waals surface area (Å²) in [4.78, 5) is 18.6.